The molecule has 3 aromatic carbocycles. The van der Waals surface area contributed by atoms with Crippen molar-refractivity contribution in [1.82, 2.24) is 0 Å². The zero-order valence-electron chi connectivity index (χ0n) is 16.2. The fourth-order valence-electron chi connectivity index (χ4n) is 3.37. The third-order valence-electron chi connectivity index (χ3n) is 4.95. The third kappa shape index (κ3) is 3.96. The van der Waals surface area contributed by atoms with Gasteiger partial charge in [0.05, 0.1) is 29.7 Å². The first-order valence-electron chi connectivity index (χ1n) is 9.49. The van der Waals surface area contributed by atoms with Gasteiger partial charge in [0.25, 0.3) is 0 Å². The number of anilines is 2. The van der Waals surface area contributed by atoms with Gasteiger partial charge in [-0.15, -0.1) is 10.3 Å². The fourth-order valence-corrected chi connectivity index (χ4v) is 3.37. The van der Waals surface area contributed by atoms with Crippen LogP contribution in [0.25, 0.3) is 10.8 Å². The molecule has 0 saturated carbocycles. The van der Waals surface area contributed by atoms with Crippen LogP contribution in [0.4, 0.5) is 11.4 Å². The molecule has 1 N–H and O–H groups in total. The van der Waals surface area contributed by atoms with Gasteiger partial charge in [0.1, 0.15) is 5.71 Å². The molecule has 29 heavy (non-hydrogen) atoms. The Labute approximate surface area is 169 Å². The molecule has 0 fully saturated rings. The first kappa shape index (κ1) is 18.7. The quantitative estimate of drug-likeness (QED) is 0.646. The summed E-state index contributed by atoms with van der Waals surface area (Å²) in [4.78, 5) is 0. The van der Waals surface area contributed by atoms with Crippen LogP contribution in [0.1, 0.15) is 18.9 Å². The predicted molar refractivity (Wildman–Crippen MR) is 116 cm³/mol. The molecule has 6 heteroatoms. The van der Waals surface area contributed by atoms with Crippen LogP contribution in [-0.2, 0) is 6.42 Å². The van der Waals surface area contributed by atoms with E-state index in [4.69, 9.17) is 5.26 Å². The third-order valence-corrected chi connectivity index (χ3v) is 4.95. The summed E-state index contributed by atoms with van der Waals surface area (Å²) in [7, 11) is 0. The highest BCUT2D eigenvalue weighted by Gasteiger charge is 2.21. The molecule has 1 aliphatic rings. The lowest BCUT2D eigenvalue weighted by molar-refractivity contribution is 0.261. The van der Waals surface area contributed by atoms with Gasteiger partial charge in [0, 0.05) is 11.8 Å². The number of rotatable bonds is 5. The summed E-state index contributed by atoms with van der Waals surface area (Å²) < 4.78 is 0. The van der Waals surface area contributed by atoms with E-state index in [-0.39, 0.29) is 0 Å². The Morgan fingerprint density at radius 1 is 1.10 bits per heavy atom. The van der Waals surface area contributed by atoms with Crippen molar-refractivity contribution in [1.29, 1.82) is 5.26 Å². The van der Waals surface area contributed by atoms with E-state index in [0.29, 0.717) is 24.4 Å². The molecular formula is C23H21N5O. The zero-order chi connectivity index (χ0) is 20.2. The molecule has 0 saturated heterocycles. The fraction of sp³-hybridized carbons (Fsp3) is 0.174. The number of hydrogen-bond donors (Lipinski definition) is 1. The van der Waals surface area contributed by atoms with Crippen molar-refractivity contribution in [2.45, 2.75) is 19.8 Å². The second-order valence-electron chi connectivity index (χ2n) is 6.90. The lowest BCUT2D eigenvalue weighted by atomic mass is 10.1. The number of nitriles is 1. The van der Waals surface area contributed by atoms with Crippen LogP contribution in [0, 0.1) is 11.3 Å². The Bertz CT molecular complexity index is 1120. The van der Waals surface area contributed by atoms with Crippen LogP contribution in [0.5, 0.6) is 0 Å². The minimum absolute atomic E-state index is 0.477. The van der Waals surface area contributed by atoms with Gasteiger partial charge >= 0.3 is 0 Å². The van der Waals surface area contributed by atoms with Crippen molar-refractivity contribution in [3.63, 3.8) is 0 Å². The molecule has 0 amide bonds. The first-order chi connectivity index (χ1) is 14.2. The lowest BCUT2D eigenvalue weighted by Crippen LogP contribution is -2.23. The largest absolute Gasteiger partial charge is 0.267 e. The second-order valence-corrected chi connectivity index (χ2v) is 6.90. The highest BCUT2D eigenvalue weighted by atomic mass is 16.5. The number of nitrogens with zero attached hydrogens (tertiary/aromatic N) is 5. The van der Waals surface area contributed by atoms with Gasteiger partial charge in [-0.1, -0.05) is 48.5 Å². The van der Waals surface area contributed by atoms with Crippen LogP contribution >= 0.6 is 0 Å². The summed E-state index contributed by atoms with van der Waals surface area (Å²) in [5.74, 6) is 0. The highest BCUT2D eigenvalue weighted by Crippen LogP contribution is 2.26. The van der Waals surface area contributed by atoms with Crippen LogP contribution in [0.2, 0.25) is 0 Å². The van der Waals surface area contributed by atoms with Crippen LogP contribution in [0.3, 0.4) is 0 Å². The molecule has 0 bridgehead atoms. The topological polar surface area (TPSA) is 75.2 Å². The van der Waals surface area contributed by atoms with Crippen molar-refractivity contribution in [3.05, 3.63) is 72.3 Å². The molecule has 0 unspecified atom stereocenters. The smallest absolute Gasteiger partial charge is 0.108 e. The Hall–Kier alpha value is -3.69. The average Bonchev–Trinajstić information content (AvgIpc) is 3.12. The van der Waals surface area contributed by atoms with E-state index in [0.717, 1.165) is 39.3 Å². The standard InChI is InChI=1S/C23H21N5O/c1-17-22(16-27(25-17)20-13-11-18(12-14-20)6-5-15-24)26-28(29)23-10-4-8-19-7-2-3-9-21(19)23/h2-4,7-14,29H,5-6,16H2,1H3. The van der Waals surface area contributed by atoms with Crippen LogP contribution < -0.4 is 10.2 Å². The normalized spacial score (nSPS) is 14.9. The Morgan fingerprint density at radius 2 is 1.86 bits per heavy atom. The monoisotopic (exact) mass is 383 g/mol. The maximum absolute atomic E-state index is 10.6. The molecule has 1 heterocycles. The summed E-state index contributed by atoms with van der Waals surface area (Å²) in [6, 6.07) is 23.8. The first-order valence-corrected chi connectivity index (χ1v) is 9.49. The van der Waals surface area contributed by atoms with Gasteiger partial charge in [-0.3, -0.25) is 10.2 Å². The summed E-state index contributed by atoms with van der Waals surface area (Å²) in [5.41, 5.74) is 4.17. The SMILES string of the molecule is CC1=NN(c2ccc(CCC#N)cc2)CC1=NN(O)c1cccc2ccccc12. The molecular weight excluding hydrogens is 362 g/mol. The molecule has 0 aromatic heterocycles. The zero-order valence-corrected chi connectivity index (χ0v) is 16.2. The van der Waals surface area contributed by atoms with E-state index in [1.165, 1.54) is 0 Å². The van der Waals surface area contributed by atoms with Crippen LogP contribution in [0.15, 0.2) is 76.9 Å². The highest BCUT2D eigenvalue weighted by molar-refractivity contribution is 6.44. The van der Waals surface area contributed by atoms with Crippen molar-refractivity contribution < 1.29 is 5.21 Å². The number of hydrogen-bond acceptors (Lipinski definition) is 6. The van der Waals surface area contributed by atoms with Crippen molar-refractivity contribution in [3.8, 4) is 6.07 Å². The summed E-state index contributed by atoms with van der Waals surface area (Å²) >= 11 is 0. The molecule has 1 aliphatic heterocycles. The molecule has 0 aliphatic carbocycles. The number of aryl methyl sites for hydroxylation is 1. The van der Waals surface area contributed by atoms with E-state index in [2.05, 4.69) is 16.3 Å². The van der Waals surface area contributed by atoms with E-state index >= 15 is 0 Å². The molecule has 0 radical (unpaired) electrons. The maximum atomic E-state index is 10.6. The summed E-state index contributed by atoms with van der Waals surface area (Å²) in [5, 5.41) is 33.1. The maximum Gasteiger partial charge on any atom is 0.108 e. The summed E-state index contributed by atoms with van der Waals surface area (Å²) in [6.07, 6.45) is 1.26. The van der Waals surface area contributed by atoms with E-state index < -0.39 is 0 Å². The Balaban J connectivity index is 1.53. The second kappa shape index (κ2) is 8.13. The van der Waals surface area contributed by atoms with Gasteiger partial charge in [0.2, 0.25) is 0 Å². The lowest BCUT2D eigenvalue weighted by Gasteiger charge is -2.16. The van der Waals surface area contributed by atoms with Gasteiger partial charge in [-0.05, 0) is 42.5 Å². The van der Waals surface area contributed by atoms with Crippen molar-refractivity contribution >= 4 is 33.6 Å². The minimum Gasteiger partial charge on any atom is -0.267 e. The molecule has 4 rings (SSSR count). The molecule has 144 valence electrons. The number of benzene rings is 3. The van der Waals surface area contributed by atoms with Gasteiger partial charge in [0.15, 0.2) is 0 Å². The van der Waals surface area contributed by atoms with Gasteiger partial charge in [-0.2, -0.15) is 10.4 Å². The minimum atomic E-state index is 0.477. The average molecular weight is 383 g/mol. The summed E-state index contributed by atoms with van der Waals surface area (Å²) in [6.45, 7) is 2.36. The molecule has 6 nitrogen and oxygen atoms in total. The molecule has 0 atom stereocenters. The van der Waals surface area contributed by atoms with Gasteiger partial charge in [-0.25, -0.2) is 0 Å². The number of fused-ring (bicyclic) bond motifs is 1. The van der Waals surface area contributed by atoms with E-state index in [1.54, 1.807) is 0 Å². The Morgan fingerprint density at radius 3 is 2.66 bits per heavy atom. The number of hydrazone groups is 2. The van der Waals surface area contributed by atoms with Crippen molar-refractivity contribution in [2.24, 2.45) is 10.2 Å². The van der Waals surface area contributed by atoms with E-state index in [9.17, 15) is 5.21 Å². The van der Waals surface area contributed by atoms with Crippen molar-refractivity contribution in [2.75, 3.05) is 16.7 Å². The van der Waals surface area contributed by atoms with Gasteiger partial charge < -0.3 is 0 Å². The van der Waals surface area contributed by atoms with E-state index in [1.807, 2.05) is 78.7 Å². The molecule has 3 aromatic rings. The Kier molecular flexibility index (Phi) is 5.23. The van der Waals surface area contributed by atoms with Crippen LogP contribution in [-0.4, -0.2) is 23.2 Å². The predicted octanol–water partition coefficient (Wildman–Crippen LogP) is 4.74. The molecule has 0 spiro atoms.